The predicted molar refractivity (Wildman–Crippen MR) is 129 cm³/mol. The number of phenols is 2. The quantitative estimate of drug-likeness (QED) is 0.453. The third-order valence-corrected chi connectivity index (χ3v) is 6.26. The number of benzene rings is 2. The molecule has 2 aromatic carbocycles. The molecule has 6 nitrogen and oxygen atoms in total. The average Bonchev–Trinajstić information content (AvgIpc) is 2.77. The Hall–Kier alpha value is -2.73. The first-order chi connectivity index (χ1) is 15.3. The van der Waals surface area contributed by atoms with E-state index < -0.39 is 5.91 Å². The zero-order chi connectivity index (χ0) is 23.1. The highest BCUT2D eigenvalue weighted by atomic mass is 16.5. The minimum Gasteiger partial charge on any atom is -0.507 e. The van der Waals surface area contributed by atoms with Gasteiger partial charge < -0.3 is 25.2 Å². The molecular formula is C26H36N2O4. The van der Waals surface area contributed by atoms with E-state index in [-0.39, 0.29) is 22.5 Å². The fourth-order valence-corrected chi connectivity index (χ4v) is 4.22. The number of anilines is 2. The second kappa shape index (κ2) is 10.7. The lowest BCUT2D eigenvalue weighted by atomic mass is 9.79. The highest BCUT2D eigenvalue weighted by Crippen LogP contribution is 2.38. The van der Waals surface area contributed by atoms with Gasteiger partial charge in [-0.25, -0.2) is 0 Å². The number of para-hydroxylation sites is 2. The highest BCUT2D eigenvalue weighted by Gasteiger charge is 2.26. The Kier molecular flexibility index (Phi) is 8.02. The van der Waals surface area contributed by atoms with Crippen molar-refractivity contribution in [2.45, 2.75) is 58.3 Å². The fraction of sp³-hybridized carbons (Fsp3) is 0.500. The molecule has 0 aromatic heterocycles. The summed E-state index contributed by atoms with van der Waals surface area (Å²) in [6.07, 6.45) is 5.59. The smallest absolute Gasteiger partial charge is 0.263 e. The number of carbonyl (C=O) groups is 1. The van der Waals surface area contributed by atoms with Crippen molar-refractivity contribution in [1.82, 2.24) is 0 Å². The molecule has 0 aliphatic carbocycles. The lowest BCUT2D eigenvalue weighted by Gasteiger charge is -2.30. The maximum Gasteiger partial charge on any atom is 0.263 e. The number of hydrogen-bond acceptors (Lipinski definition) is 5. The molecule has 1 saturated heterocycles. The molecule has 0 spiro atoms. The van der Waals surface area contributed by atoms with Gasteiger partial charge in [0.05, 0.1) is 24.6 Å². The molecule has 3 N–H and O–H groups in total. The van der Waals surface area contributed by atoms with Gasteiger partial charge in [-0.15, -0.1) is 0 Å². The second-order valence-electron chi connectivity index (χ2n) is 9.15. The molecule has 0 radical (unpaired) electrons. The first-order valence-electron chi connectivity index (χ1n) is 11.6. The van der Waals surface area contributed by atoms with Crippen LogP contribution >= 0.6 is 0 Å². The number of aromatic hydroxyl groups is 2. The standard InChI is InChI=1S/C26H36N2O4/c1-4-5-6-9-12-26(2,3)19-17-22(29)24(23(30)18-19)25(31)27-20-10-7-8-11-21(20)28-13-15-32-16-14-28/h7-8,10-11,17-18,29-30H,4-6,9,12-16H2,1-3H3,(H,27,31). The van der Waals surface area contributed by atoms with Crippen LogP contribution in [0.5, 0.6) is 11.5 Å². The van der Waals surface area contributed by atoms with Crippen LogP contribution in [0.15, 0.2) is 36.4 Å². The van der Waals surface area contributed by atoms with Gasteiger partial charge in [0, 0.05) is 13.1 Å². The topological polar surface area (TPSA) is 82.0 Å². The summed E-state index contributed by atoms with van der Waals surface area (Å²) in [5.41, 5.74) is 2.05. The first-order valence-corrected chi connectivity index (χ1v) is 11.6. The Morgan fingerprint density at radius 3 is 2.38 bits per heavy atom. The Labute approximate surface area is 191 Å². The van der Waals surface area contributed by atoms with Crippen LogP contribution in [0.1, 0.15) is 68.8 Å². The molecule has 0 bridgehead atoms. The molecule has 2 aromatic rings. The SMILES string of the molecule is CCCCCCC(C)(C)c1cc(O)c(C(=O)Nc2ccccc2N2CCOCC2)c(O)c1. The molecule has 1 fully saturated rings. The first kappa shape index (κ1) is 23.9. The van der Waals surface area contributed by atoms with Gasteiger partial charge in [-0.1, -0.05) is 58.6 Å². The fourth-order valence-electron chi connectivity index (χ4n) is 4.22. The third-order valence-electron chi connectivity index (χ3n) is 6.26. The van der Waals surface area contributed by atoms with E-state index in [2.05, 4.69) is 31.0 Å². The maximum absolute atomic E-state index is 13.0. The summed E-state index contributed by atoms with van der Waals surface area (Å²) >= 11 is 0. The van der Waals surface area contributed by atoms with E-state index in [0.717, 1.165) is 37.2 Å². The van der Waals surface area contributed by atoms with E-state index in [1.807, 2.05) is 24.3 Å². The monoisotopic (exact) mass is 440 g/mol. The average molecular weight is 441 g/mol. The van der Waals surface area contributed by atoms with Gasteiger partial charge in [0.1, 0.15) is 17.1 Å². The van der Waals surface area contributed by atoms with Crippen molar-refractivity contribution in [2.24, 2.45) is 0 Å². The number of rotatable bonds is 9. The van der Waals surface area contributed by atoms with E-state index in [1.54, 1.807) is 12.1 Å². The van der Waals surface area contributed by atoms with Crippen LogP contribution in [-0.4, -0.2) is 42.4 Å². The molecule has 174 valence electrons. The van der Waals surface area contributed by atoms with Gasteiger partial charge in [0.2, 0.25) is 0 Å². The Morgan fingerprint density at radius 1 is 1.06 bits per heavy atom. The summed E-state index contributed by atoms with van der Waals surface area (Å²) < 4.78 is 5.42. The van der Waals surface area contributed by atoms with Crippen molar-refractivity contribution in [3.05, 3.63) is 47.5 Å². The molecule has 1 aliphatic rings. The molecule has 1 aliphatic heterocycles. The number of amides is 1. The summed E-state index contributed by atoms with van der Waals surface area (Å²) in [6.45, 7) is 9.15. The van der Waals surface area contributed by atoms with Crippen molar-refractivity contribution in [2.75, 3.05) is 36.5 Å². The molecule has 32 heavy (non-hydrogen) atoms. The second-order valence-corrected chi connectivity index (χ2v) is 9.15. The van der Waals surface area contributed by atoms with E-state index in [0.29, 0.717) is 18.9 Å². The Morgan fingerprint density at radius 2 is 1.72 bits per heavy atom. The lowest BCUT2D eigenvalue weighted by Crippen LogP contribution is -2.36. The number of phenolic OH excluding ortho intramolecular Hbond substituents is 2. The molecule has 0 unspecified atom stereocenters. The summed E-state index contributed by atoms with van der Waals surface area (Å²) in [5, 5.41) is 24.2. The zero-order valence-corrected chi connectivity index (χ0v) is 19.5. The number of nitrogens with one attached hydrogen (secondary N) is 1. The molecule has 1 heterocycles. The van der Waals surface area contributed by atoms with Gasteiger partial charge in [-0.2, -0.15) is 0 Å². The minimum absolute atomic E-state index is 0.104. The van der Waals surface area contributed by atoms with E-state index in [9.17, 15) is 15.0 Å². The maximum atomic E-state index is 13.0. The van der Waals surface area contributed by atoms with Crippen molar-refractivity contribution in [3.63, 3.8) is 0 Å². The summed E-state index contributed by atoms with van der Waals surface area (Å²) in [4.78, 5) is 15.2. The van der Waals surface area contributed by atoms with Crippen LogP contribution < -0.4 is 10.2 Å². The van der Waals surface area contributed by atoms with Gasteiger partial charge in [0.15, 0.2) is 0 Å². The van der Waals surface area contributed by atoms with Crippen molar-refractivity contribution < 1.29 is 19.7 Å². The van der Waals surface area contributed by atoms with E-state index in [1.165, 1.54) is 19.3 Å². The van der Waals surface area contributed by atoms with Gasteiger partial charge >= 0.3 is 0 Å². The van der Waals surface area contributed by atoms with Crippen LogP contribution in [0, 0.1) is 0 Å². The number of morpholine rings is 1. The van der Waals surface area contributed by atoms with Crippen LogP contribution in [-0.2, 0) is 10.2 Å². The van der Waals surface area contributed by atoms with Crippen LogP contribution in [0.4, 0.5) is 11.4 Å². The third kappa shape index (κ3) is 5.74. The Bertz CT molecular complexity index is 897. The van der Waals surface area contributed by atoms with E-state index in [4.69, 9.17) is 4.74 Å². The van der Waals surface area contributed by atoms with Crippen molar-refractivity contribution in [1.29, 1.82) is 0 Å². The lowest BCUT2D eigenvalue weighted by molar-refractivity contribution is 0.102. The Balaban J connectivity index is 1.78. The molecular weight excluding hydrogens is 404 g/mol. The molecule has 0 atom stereocenters. The van der Waals surface area contributed by atoms with Gasteiger partial charge in [0.25, 0.3) is 5.91 Å². The highest BCUT2D eigenvalue weighted by molar-refractivity contribution is 6.09. The van der Waals surface area contributed by atoms with E-state index >= 15 is 0 Å². The molecule has 6 heteroatoms. The van der Waals surface area contributed by atoms with Gasteiger partial charge in [-0.3, -0.25) is 4.79 Å². The number of unbranched alkanes of at least 4 members (excludes halogenated alkanes) is 3. The largest absolute Gasteiger partial charge is 0.507 e. The molecule has 1 amide bonds. The molecule has 0 saturated carbocycles. The molecule has 3 rings (SSSR count). The van der Waals surface area contributed by atoms with Crippen molar-refractivity contribution in [3.8, 4) is 11.5 Å². The normalized spacial score (nSPS) is 14.4. The zero-order valence-electron chi connectivity index (χ0n) is 19.5. The summed E-state index contributed by atoms with van der Waals surface area (Å²) in [7, 11) is 0. The van der Waals surface area contributed by atoms with Crippen molar-refractivity contribution >= 4 is 17.3 Å². The predicted octanol–water partition coefficient (Wildman–Crippen LogP) is 5.43. The number of ether oxygens (including phenoxy) is 1. The minimum atomic E-state index is -0.534. The number of carbonyl (C=O) groups excluding carboxylic acids is 1. The summed E-state index contributed by atoms with van der Waals surface area (Å²) in [6, 6.07) is 10.8. The van der Waals surface area contributed by atoms with Crippen LogP contribution in [0.3, 0.4) is 0 Å². The number of hydrogen-bond donors (Lipinski definition) is 3. The summed E-state index contributed by atoms with van der Waals surface area (Å²) in [5.74, 6) is -0.945. The number of nitrogens with zero attached hydrogens (tertiary/aromatic N) is 1. The van der Waals surface area contributed by atoms with Crippen LogP contribution in [0.2, 0.25) is 0 Å². The van der Waals surface area contributed by atoms with Crippen LogP contribution in [0.25, 0.3) is 0 Å². The van der Waals surface area contributed by atoms with Gasteiger partial charge in [-0.05, 0) is 41.7 Å².